The molecular weight excluding hydrogens is 296 g/mol. The maximum atomic E-state index is 12.7. The fourth-order valence-corrected chi connectivity index (χ4v) is 4.83. The lowest BCUT2D eigenvalue weighted by molar-refractivity contribution is 0.463. The van der Waals surface area contributed by atoms with Crippen molar-refractivity contribution in [1.82, 2.24) is 4.31 Å². The van der Waals surface area contributed by atoms with Crippen molar-refractivity contribution < 1.29 is 8.42 Å². The third kappa shape index (κ3) is 3.01. The predicted octanol–water partition coefficient (Wildman–Crippen LogP) is 2.00. The third-order valence-electron chi connectivity index (χ3n) is 3.84. The Hall–Kier alpha value is -0.620. The van der Waals surface area contributed by atoms with Crippen LogP contribution in [0.1, 0.15) is 23.6 Å². The smallest absolute Gasteiger partial charge is 0.243 e. The van der Waals surface area contributed by atoms with E-state index in [2.05, 4.69) is 0 Å². The van der Waals surface area contributed by atoms with E-state index >= 15 is 0 Å². The van der Waals surface area contributed by atoms with Gasteiger partial charge in [0.25, 0.3) is 0 Å². The number of benzene rings is 1. The van der Waals surface area contributed by atoms with Crippen LogP contribution in [-0.4, -0.2) is 31.9 Å². The van der Waals surface area contributed by atoms with Gasteiger partial charge in [-0.15, -0.1) is 12.4 Å². The van der Waals surface area contributed by atoms with Crippen LogP contribution in [0, 0.1) is 26.7 Å². The van der Waals surface area contributed by atoms with Gasteiger partial charge < -0.3 is 5.73 Å². The Kier molecular flexibility index (Phi) is 5.24. The standard InChI is InChI=1S/C14H22N2O2S.ClH/c1-9-5-10(2)14(11(3)6-9)19(17,18)16-7-12(4)13(15)8-16;/h5-6,12-13H,7-8,15H2,1-4H3;1H. The Morgan fingerprint density at radius 1 is 1.15 bits per heavy atom. The Labute approximate surface area is 127 Å². The van der Waals surface area contributed by atoms with Gasteiger partial charge in [0.05, 0.1) is 4.90 Å². The first-order valence-corrected chi connectivity index (χ1v) is 8.01. The third-order valence-corrected chi connectivity index (χ3v) is 5.98. The maximum absolute atomic E-state index is 12.7. The highest BCUT2D eigenvalue weighted by atomic mass is 35.5. The molecule has 1 aliphatic heterocycles. The molecule has 2 rings (SSSR count). The number of nitrogens with zero attached hydrogens (tertiary/aromatic N) is 1. The molecule has 1 aliphatic rings. The first kappa shape index (κ1) is 17.4. The van der Waals surface area contributed by atoms with Crippen molar-refractivity contribution in [2.75, 3.05) is 13.1 Å². The minimum Gasteiger partial charge on any atom is -0.326 e. The molecule has 114 valence electrons. The van der Waals surface area contributed by atoms with Crippen molar-refractivity contribution in [1.29, 1.82) is 0 Å². The summed E-state index contributed by atoms with van der Waals surface area (Å²) in [5, 5.41) is 0. The fraction of sp³-hybridized carbons (Fsp3) is 0.571. The molecule has 0 aromatic heterocycles. The van der Waals surface area contributed by atoms with Gasteiger partial charge in [-0.25, -0.2) is 8.42 Å². The molecule has 2 N–H and O–H groups in total. The van der Waals surface area contributed by atoms with Crippen molar-refractivity contribution in [2.45, 2.75) is 38.6 Å². The summed E-state index contributed by atoms with van der Waals surface area (Å²) < 4.78 is 27.0. The molecule has 0 radical (unpaired) electrons. The van der Waals surface area contributed by atoms with E-state index < -0.39 is 10.0 Å². The molecule has 6 heteroatoms. The topological polar surface area (TPSA) is 63.4 Å². The Morgan fingerprint density at radius 3 is 2.05 bits per heavy atom. The van der Waals surface area contributed by atoms with Gasteiger partial charge in [0.15, 0.2) is 0 Å². The molecule has 0 aliphatic carbocycles. The molecule has 4 nitrogen and oxygen atoms in total. The monoisotopic (exact) mass is 318 g/mol. The highest BCUT2D eigenvalue weighted by Gasteiger charge is 2.36. The number of rotatable bonds is 2. The van der Waals surface area contributed by atoms with Crippen molar-refractivity contribution in [2.24, 2.45) is 11.7 Å². The van der Waals surface area contributed by atoms with Crippen LogP contribution < -0.4 is 5.73 Å². The number of nitrogens with two attached hydrogens (primary N) is 1. The quantitative estimate of drug-likeness (QED) is 0.907. The van der Waals surface area contributed by atoms with Crippen molar-refractivity contribution in [3.8, 4) is 0 Å². The Balaban J connectivity index is 0.00000200. The first-order valence-electron chi connectivity index (χ1n) is 6.57. The first-order chi connectivity index (χ1) is 8.73. The van der Waals surface area contributed by atoms with Crippen LogP contribution in [0.3, 0.4) is 0 Å². The van der Waals surface area contributed by atoms with E-state index in [1.54, 1.807) is 0 Å². The second kappa shape index (κ2) is 6.02. The lowest BCUT2D eigenvalue weighted by Crippen LogP contribution is -2.33. The van der Waals surface area contributed by atoms with Crippen molar-refractivity contribution in [3.05, 3.63) is 28.8 Å². The molecule has 1 aromatic carbocycles. The van der Waals surface area contributed by atoms with Crippen molar-refractivity contribution >= 4 is 22.4 Å². The second-order valence-corrected chi connectivity index (χ2v) is 7.57. The number of halogens is 1. The highest BCUT2D eigenvalue weighted by Crippen LogP contribution is 2.28. The number of hydrogen-bond donors (Lipinski definition) is 1. The zero-order valence-electron chi connectivity index (χ0n) is 12.4. The summed E-state index contributed by atoms with van der Waals surface area (Å²) in [6.45, 7) is 8.60. The van der Waals surface area contributed by atoms with E-state index in [4.69, 9.17) is 5.73 Å². The molecule has 0 amide bonds. The summed E-state index contributed by atoms with van der Waals surface area (Å²) >= 11 is 0. The van der Waals surface area contributed by atoms with E-state index in [9.17, 15) is 8.42 Å². The Morgan fingerprint density at radius 2 is 1.65 bits per heavy atom. The minimum absolute atomic E-state index is 0. The lowest BCUT2D eigenvalue weighted by atomic mass is 10.1. The average molecular weight is 319 g/mol. The Bertz CT molecular complexity index is 568. The highest BCUT2D eigenvalue weighted by molar-refractivity contribution is 7.89. The zero-order valence-corrected chi connectivity index (χ0v) is 14.0. The second-order valence-electron chi connectivity index (χ2n) is 5.69. The normalized spacial score (nSPS) is 23.6. The van der Waals surface area contributed by atoms with E-state index in [0.717, 1.165) is 16.7 Å². The molecule has 1 aromatic rings. The molecule has 1 heterocycles. The van der Waals surface area contributed by atoms with Crippen LogP contribution in [0.5, 0.6) is 0 Å². The van der Waals surface area contributed by atoms with Gasteiger partial charge in [-0.2, -0.15) is 4.31 Å². The summed E-state index contributed by atoms with van der Waals surface area (Å²) in [5.41, 5.74) is 8.64. The zero-order chi connectivity index (χ0) is 14.4. The van der Waals surface area contributed by atoms with Crippen molar-refractivity contribution in [3.63, 3.8) is 0 Å². The molecule has 0 bridgehead atoms. The van der Waals surface area contributed by atoms with E-state index in [0.29, 0.717) is 18.0 Å². The van der Waals surface area contributed by atoms with E-state index in [1.807, 2.05) is 39.8 Å². The van der Waals surface area contributed by atoms with Gasteiger partial charge >= 0.3 is 0 Å². The van der Waals surface area contributed by atoms with Gasteiger partial charge in [-0.05, 0) is 37.8 Å². The SMILES string of the molecule is Cc1cc(C)c(S(=O)(=O)N2CC(C)C(N)C2)c(C)c1.Cl. The van der Waals surface area contributed by atoms with E-state index in [-0.39, 0.29) is 24.4 Å². The minimum atomic E-state index is -3.43. The number of hydrogen-bond acceptors (Lipinski definition) is 3. The summed E-state index contributed by atoms with van der Waals surface area (Å²) in [6, 6.07) is 3.76. The molecule has 0 saturated carbocycles. The van der Waals surface area contributed by atoms with Gasteiger partial charge in [0.2, 0.25) is 10.0 Å². The van der Waals surface area contributed by atoms with Gasteiger partial charge in [-0.3, -0.25) is 0 Å². The van der Waals surface area contributed by atoms with Crippen LogP contribution >= 0.6 is 12.4 Å². The fourth-order valence-electron chi connectivity index (χ4n) is 2.85. The van der Waals surface area contributed by atoms with Crippen LogP contribution in [0.15, 0.2) is 17.0 Å². The molecule has 2 unspecified atom stereocenters. The van der Waals surface area contributed by atoms with E-state index in [1.165, 1.54) is 4.31 Å². The summed E-state index contributed by atoms with van der Waals surface area (Å²) in [5.74, 6) is 0.209. The van der Waals surface area contributed by atoms with Gasteiger partial charge in [-0.1, -0.05) is 24.6 Å². The molecule has 2 atom stereocenters. The van der Waals surface area contributed by atoms with Gasteiger partial charge in [0, 0.05) is 19.1 Å². The molecule has 1 fully saturated rings. The lowest BCUT2D eigenvalue weighted by Gasteiger charge is -2.19. The van der Waals surface area contributed by atoms with Crippen LogP contribution in [0.4, 0.5) is 0 Å². The van der Waals surface area contributed by atoms with Crippen LogP contribution in [0.25, 0.3) is 0 Å². The summed E-state index contributed by atoms with van der Waals surface area (Å²) in [4.78, 5) is 0.444. The molecular formula is C14H23ClN2O2S. The van der Waals surface area contributed by atoms with Gasteiger partial charge in [0.1, 0.15) is 0 Å². The van der Waals surface area contributed by atoms with Crippen LogP contribution in [0.2, 0.25) is 0 Å². The molecule has 0 spiro atoms. The summed E-state index contributed by atoms with van der Waals surface area (Å²) in [7, 11) is -3.43. The molecule has 1 saturated heterocycles. The van der Waals surface area contributed by atoms with Crippen LogP contribution in [-0.2, 0) is 10.0 Å². The average Bonchev–Trinajstić information content (AvgIpc) is 2.57. The largest absolute Gasteiger partial charge is 0.326 e. The predicted molar refractivity (Wildman–Crippen MR) is 83.8 cm³/mol. The molecule has 20 heavy (non-hydrogen) atoms. The summed E-state index contributed by atoms with van der Waals surface area (Å²) in [6.07, 6.45) is 0. The number of aryl methyl sites for hydroxylation is 3. The maximum Gasteiger partial charge on any atom is 0.243 e. The number of sulfonamides is 1.